The normalized spacial score (nSPS) is 10.2. The number of pyridine rings is 1. The zero-order valence-electron chi connectivity index (χ0n) is 10.8. The SMILES string of the molecule is Cc1cc(Nc2ncc([N+](=O)[O-])cc2C(=O)O)ccc1F. The third kappa shape index (κ3) is 3.11. The molecule has 1 aromatic carbocycles. The van der Waals surface area contributed by atoms with Crippen molar-refractivity contribution in [1.82, 2.24) is 4.98 Å². The molecule has 0 unspecified atom stereocenters. The summed E-state index contributed by atoms with van der Waals surface area (Å²) in [6.45, 7) is 1.56. The topological polar surface area (TPSA) is 105 Å². The Bertz CT molecular complexity index is 733. The number of carbonyl (C=O) groups is 1. The van der Waals surface area contributed by atoms with Crippen LogP contribution in [0.1, 0.15) is 15.9 Å². The first kappa shape index (κ1) is 14.4. The molecule has 0 aliphatic rings. The van der Waals surface area contributed by atoms with Crippen molar-refractivity contribution in [3.8, 4) is 0 Å². The van der Waals surface area contributed by atoms with Gasteiger partial charge in [-0.2, -0.15) is 0 Å². The van der Waals surface area contributed by atoms with Crippen LogP contribution in [-0.2, 0) is 0 Å². The molecule has 0 spiro atoms. The molecule has 0 bridgehead atoms. The number of benzene rings is 1. The fourth-order valence-corrected chi connectivity index (χ4v) is 1.68. The molecule has 1 aromatic heterocycles. The zero-order valence-corrected chi connectivity index (χ0v) is 10.8. The van der Waals surface area contributed by atoms with Crippen molar-refractivity contribution in [2.24, 2.45) is 0 Å². The predicted octanol–water partition coefficient (Wildman–Crippen LogP) is 2.88. The Balaban J connectivity index is 2.41. The molecule has 0 atom stereocenters. The van der Waals surface area contributed by atoms with E-state index in [9.17, 15) is 19.3 Å². The summed E-state index contributed by atoms with van der Waals surface area (Å²) in [6.07, 6.45) is 0.950. The van der Waals surface area contributed by atoms with Crippen molar-refractivity contribution in [1.29, 1.82) is 0 Å². The lowest BCUT2D eigenvalue weighted by atomic mass is 10.2. The summed E-state index contributed by atoms with van der Waals surface area (Å²) in [4.78, 5) is 24.8. The number of aromatic carboxylic acids is 1. The summed E-state index contributed by atoms with van der Waals surface area (Å²) in [5.74, 6) is -1.80. The van der Waals surface area contributed by atoms with E-state index < -0.39 is 22.4 Å². The fourth-order valence-electron chi connectivity index (χ4n) is 1.68. The van der Waals surface area contributed by atoms with E-state index in [1.54, 1.807) is 6.92 Å². The van der Waals surface area contributed by atoms with E-state index in [1.807, 2.05) is 0 Å². The average Bonchev–Trinajstić information content (AvgIpc) is 2.43. The van der Waals surface area contributed by atoms with Gasteiger partial charge in [-0.15, -0.1) is 0 Å². The summed E-state index contributed by atoms with van der Waals surface area (Å²) in [7, 11) is 0. The number of hydrogen-bond donors (Lipinski definition) is 2. The van der Waals surface area contributed by atoms with Crippen LogP contribution in [0.5, 0.6) is 0 Å². The van der Waals surface area contributed by atoms with Crippen LogP contribution in [0, 0.1) is 22.9 Å². The Kier molecular flexibility index (Phi) is 3.79. The van der Waals surface area contributed by atoms with Crippen LogP contribution in [0.4, 0.5) is 21.6 Å². The largest absolute Gasteiger partial charge is 0.478 e. The molecular weight excluding hydrogens is 281 g/mol. The maximum Gasteiger partial charge on any atom is 0.339 e. The second-order valence-electron chi connectivity index (χ2n) is 4.24. The molecule has 2 N–H and O–H groups in total. The van der Waals surface area contributed by atoms with Crippen molar-refractivity contribution >= 4 is 23.2 Å². The highest BCUT2D eigenvalue weighted by Gasteiger charge is 2.17. The highest BCUT2D eigenvalue weighted by Crippen LogP contribution is 2.23. The molecule has 0 saturated heterocycles. The lowest BCUT2D eigenvalue weighted by molar-refractivity contribution is -0.385. The standard InChI is InChI=1S/C13H10FN3O4/c1-7-4-8(2-3-11(7)14)16-12-10(13(18)19)5-9(6-15-12)17(20)21/h2-6H,1H3,(H,15,16)(H,18,19). The number of anilines is 2. The Hall–Kier alpha value is -3.03. The van der Waals surface area contributed by atoms with Crippen LogP contribution in [0.3, 0.4) is 0 Å². The second kappa shape index (κ2) is 5.53. The molecule has 21 heavy (non-hydrogen) atoms. The van der Waals surface area contributed by atoms with Gasteiger partial charge in [-0.3, -0.25) is 10.1 Å². The van der Waals surface area contributed by atoms with Gasteiger partial charge in [0.25, 0.3) is 5.69 Å². The van der Waals surface area contributed by atoms with Gasteiger partial charge in [0.2, 0.25) is 0 Å². The van der Waals surface area contributed by atoms with Crippen molar-refractivity contribution in [2.75, 3.05) is 5.32 Å². The quantitative estimate of drug-likeness (QED) is 0.662. The second-order valence-corrected chi connectivity index (χ2v) is 4.24. The lowest BCUT2D eigenvalue weighted by Crippen LogP contribution is -2.06. The Morgan fingerprint density at radius 2 is 2.14 bits per heavy atom. The molecule has 0 amide bonds. The number of nitrogens with one attached hydrogen (secondary N) is 1. The Morgan fingerprint density at radius 1 is 1.43 bits per heavy atom. The van der Waals surface area contributed by atoms with Crippen molar-refractivity contribution in [3.05, 3.63) is 57.5 Å². The molecule has 8 heteroatoms. The van der Waals surface area contributed by atoms with Gasteiger partial charge in [0.15, 0.2) is 0 Å². The van der Waals surface area contributed by atoms with E-state index in [4.69, 9.17) is 5.11 Å². The number of nitrogens with zero attached hydrogens (tertiary/aromatic N) is 2. The van der Waals surface area contributed by atoms with Gasteiger partial charge in [0.05, 0.1) is 4.92 Å². The molecule has 0 aliphatic heterocycles. The van der Waals surface area contributed by atoms with E-state index in [1.165, 1.54) is 18.2 Å². The number of carboxylic acids is 1. The molecule has 0 fully saturated rings. The van der Waals surface area contributed by atoms with E-state index in [2.05, 4.69) is 10.3 Å². The first-order chi connectivity index (χ1) is 9.88. The van der Waals surface area contributed by atoms with Gasteiger partial charge < -0.3 is 10.4 Å². The highest BCUT2D eigenvalue weighted by molar-refractivity contribution is 5.94. The maximum absolute atomic E-state index is 13.2. The third-order valence-electron chi connectivity index (χ3n) is 2.74. The van der Waals surface area contributed by atoms with Gasteiger partial charge in [0.1, 0.15) is 23.4 Å². The number of carboxylic acid groups (broad SMARTS) is 1. The fraction of sp³-hybridized carbons (Fsp3) is 0.0769. The van der Waals surface area contributed by atoms with E-state index in [0.717, 1.165) is 12.3 Å². The van der Waals surface area contributed by atoms with Crippen LogP contribution in [0.25, 0.3) is 0 Å². The molecule has 1 heterocycles. The summed E-state index contributed by atoms with van der Waals surface area (Å²) in [5, 5.41) is 22.4. The molecule has 108 valence electrons. The Morgan fingerprint density at radius 3 is 2.71 bits per heavy atom. The molecule has 7 nitrogen and oxygen atoms in total. The minimum absolute atomic E-state index is 0.0564. The van der Waals surface area contributed by atoms with E-state index in [-0.39, 0.29) is 11.4 Å². The number of nitro groups is 1. The van der Waals surface area contributed by atoms with Crippen molar-refractivity contribution in [2.45, 2.75) is 6.92 Å². The summed E-state index contributed by atoms with van der Waals surface area (Å²) in [5.41, 5.74) is 0.0379. The molecule has 0 saturated carbocycles. The summed E-state index contributed by atoms with van der Waals surface area (Å²) >= 11 is 0. The maximum atomic E-state index is 13.2. The number of aryl methyl sites for hydroxylation is 1. The minimum atomic E-state index is -1.35. The van der Waals surface area contributed by atoms with Crippen LogP contribution < -0.4 is 5.32 Å². The smallest absolute Gasteiger partial charge is 0.339 e. The number of halogens is 1. The van der Waals surface area contributed by atoms with E-state index >= 15 is 0 Å². The molecule has 2 aromatic rings. The first-order valence-corrected chi connectivity index (χ1v) is 5.79. The highest BCUT2D eigenvalue weighted by atomic mass is 19.1. The van der Waals surface area contributed by atoms with Gasteiger partial charge in [-0.05, 0) is 30.7 Å². The zero-order chi connectivity index (χ0) is 15.6. The molecule has 2 rings (SSSR count). The predicted molar refractivity (Wildman–Crippen MR) is 72.3 cm³/mol. The monoisotopic (exact) mass is 291 g/mol. The van der Waals surface area contributed by atoms with Gasteiger partial charge in [-0.25, -0.2) is 14.2 Å². The van der Waals surface area contributed by atoms with Crippen LogP contribution in [0.15, 0.2) is 30.5 Å². The minimum Gasteiger partial charge on any atom is -0.478 e. The molecule has 0 aliphatic carbocycles. The number of hydrogen-bond acceptors (Lipinski definition) is 5. The van der Waals surface area contributed by atoms with Gasteiger partial charge >= 0.3 is 5.97 Å². The van der Waals surface area contributed by atoms with Gasteiger partial charge in [-0.1, -0.05) is 0 Å². The Labute approximate surface area is 118 Å². The van der Waals surface area contributed by atoms with Crippen LogP contribution in [-0.4, -0.2) is 21.0 Å². The van der Waals surface area contributed by atoms with Crippen molar-refractivity contribution in [3.63, 3.8) is 0 Å². The molecular formula is C13H10FN3O4. The van der Waals surface area contributed by atoms with Crippen LogP contribution in [0.2, 0.25) is 0 Å². The number of rotatable bonds is 4. The summed E-state index contributed by atoms with van der Waals surface area (Å²) in [6, 6.07) is 5.03. The number of aromatic nitrogens is 1. The molecule has 0 radical (unpaired) electrons. The van der Waals surface area contributed by atoms with Gasteiger partial charge in [0, 0.05) is 11.8 Å². The summed E-state index contributed by atoms with van der Waals surface area (Å²) < 4.78 is 13.2. The van der Waals surface area contributed by atoms with Crippen molar-refractivity contribution < 1.29 is 19.2 Å². The third-order valence-corrected chi connectivity index (χ3v) is 2.74. The lowest BCUT2D eigenvalue weighted by Gasteiger charge is -2.09. The average molecular weight is 291 g/mol. The first-order valence-electron chi connectivity index (χ1n) is 5.79. The van der Waals surface area contributed by atoms with E-state index in [0.29, 0.717) is 11.3 Å². The van der Waals surface area contributed by atoms with Crippen LogP contribution >= 0.6 is 0 Å².